The molecule has 6 heteroatoms. The predicted molar refractivity (Wildman–Crippen MR) is 66.9 cm³/mol. The average Bonchev–Trinajstić information content (AvgIpc) is 2.29. The number of amides is 2. The van der Waals surface area contributed by atoms with Crippen LogP contribution in [0, 0.1) is 17.2 Å². The van der Waals surface area contributed by atoms with Crippen molar-refractivity contribution in [2.75, 3.05) is 19.6 Å². The quantitative estimate of drug-likeness (QED) is 0.642. The molecular formula is C12H21N3O3. The third kappa shape index (κ3) is 8.39. The number of hydrogen-bond donors (Lipinski definition) is 2. The van der Waals surface area contributed by atoms with E-state index < -0.39 is 5.97 Å². The van der Waals surface area contributed by atoms with E-state index in [2.05, 4.69) is 5.32 Å². The molecule has 0 unspecified atom stereocenters. The fourth-order valence-corrected chi connectivity index (χ4v) is 1.45. The molecule has 0 radical (unpaired) electrons. The van der Waals surface area contributed by atoms with E-state index in [0.717, 1.165) is 0 Å². The second-order valence-corrected chi connectivity index (χ2v) is 4.48. The molecule has 0 fully saturated rings. The monoisotopic (exact) mass is 255 g/mol. The van der Waals surface area contributed by atoms with Gasteiger partial charge in [-0.15, -0.1) is 0 Å². The minimum atomic E-state index is -0.868. The van der Waals surface area contributed by atoms with Gasteiger partial charge in [0.05, 0.1) is 12.5 Å². The Morgan fingerprint density at radius 3 is 2.61 bits per heavy atom. The molecule has 0 spiro atoms. The Kier molecular flexibility index (Phi) is 8.37. The lowest BCUT2D eigenvalue weighted by atomic mass is 10.2. The number of rotatable bonds is 8. The number of hydrogen-bond acceptors (Lipinski definition) is 3. The Morgan fingerprint density at radius 2 is 2.11 bits per heavy atom. The fraction of sp³-hybridized carbons (Fsp3) is 0.750. The summed E-state index contributed by atoms with van der Waals surface area (Å²) in [5.41, 5.74) is 0. The van der Waals surface area contributed by atoms with Crippen LogP contribution in [-0.4, -0.2) is 41.6 Å². The van der Waals surface area contributed by atoms with Gasteiger partial charge in [0.25, 0.3) is 0 Å². The van der Waals surface area contributed by atoms with Gasteiger partial charge in [0.1, 0.15) is 0 Å². The first-order valence-corrected chi connectivity index (χ1v) is 6.09. The Balaban J connectivity index is 4.04. The zero-order valence-electron chi connectivity index (χ0n) is 11.0. The first-order valence-electron chi connectivity index (χ1n) is 6.09. The number of carbonyl (C=O) groups is 2. The number of aliphatic carboxylic acids is 1. The smallest absolute Gasteiger partial charge is 0.317 e. The van der Waals surface area contributed by atoms with Gasteiger partial charge in [0.15, 0.2) is 0 Å². The summed E-state index contributed by atoms with van der Waals surface area (Å²) >= 11 is 0. The lowest BCUT2D eigenvalue weighted by Crippen LogP contribution is -2.42. The van der Waals surface area contributed by atoms with E-state index in [1.807, 2.05) is 19.9 Å². The van der Waals surface area contributed by atoms with Crippen LogP contribution in [-0.2, 0) is 4.79 Å². The lowest BCUT2D eigenvalue weighted by Gasteiger charge is -2.23. The highest BCUT2D eigenvalue weighted by Crippen LogP contribution is 2.00. The average molecular weight is 255 g/mol. The zero-order chi connectivity index (χ0) is 14.0. The molecule has 0 saturated carbocycles. The number of nitrogens with one attached hydrogen (secondary N) is 1. The van der Waals surface area contributed by atoms with Crippen molar-refractivity contribution in [3.05, 3.63) is 0 Å². The van der Waals surface area contributed by atoms with Crippen LogP contribution in [0.2, 0.25) is 0 Å². The van der Waals surface area contributed by atoms with Gasteiger partial charge >= 0.3 is 12.0 Å². The van der Waals surface area contributed by atoms with Crippen molar-refractivity contribution in [3.63, 3.8) is 0 Å². The van der Waals surface area contributed by atoms with E-state index in [1.165, 1.54) is 0 Å². The topological polar surface area (TPSA) is 93.4 Å². The molecule has 2 N–H and O–H groups in total. The summed E-state index contributed by atoms with van der Waals surface area (Å²) in [7, 11) is 0. The van der Waals surface area contributed by atoms with Crippen molar-refractivity contribution in [2.45, 2.75) is 33.1 Å². The molecule has 0 aromatic carbocycles. The van der Waals surface area contributed by atoms with Gasteiger partial charge in [0.2, 0.25) is 0 Å². The van der Waals surface area contributed by atoms with Crippen molar-refractivity contribution in [1.29, 1.82) is 5.26 Å². The van der Waals surface area contributed by atoms with E-state index in [1.54, 1.807) is 4.90 Å². The lowest BCUT2D eigenvalue weighted by molar-refractivity contribution is -0.137. The molecule has 18 heavy (non-hydrogen) atoms. The van der Waals surface area contributed by atoms with E-state index in [-0.39, 0.29) is 12.5 Å². The van der Waals surface area contributed by atoms with Crippen molar-refractivity contribution < 1.29 is 14.7 Å². The normalized spacial score (nSPS) is 9.89. The van der Waals surface area contributed by atoms with Crippen LogP contribution in [0.1, 0.15) is 33.1 Å². The molecule has 0 aliphatic carbocycles. The highest BCUT2D eigenvalue weighted by atomic mass is 16.4. The molecule has 0 saturated heterocycles. The Labute approximate surface area is 108 Å². The highest BCUT2D eigenvalue weighted by Gasteiger charge is 2.13. The van der Waals surface area contributed by atoms with Crippen LogP contribution in [0.4, 0.5) is 4.79 Å². The number of nitrogens with zero attached hydrogens (tertiary/aromatic N) is 2. The molecular weight excluding hydrogens is 234 g/mol. The van der Waals surface area contributed by atoms with Crippen LogP contribution in [0.3, 0.4) is 0 Å². The van der Waals surface area contributed by atoms with E-state index in [0.29, 0.717) is 38.4 Å². The summed E-state index contributed by atoms with van der Waals surface area (Å²) in [5.74, 6) is -0.541. The molecule has 0 aliphatic rings. The van der Waals surface area contributed by atoms with Gasteiger partial charge < -0.3 is 15.3 Å². The summed E-state index contributed by atoms with van der Waals surface area (Å²) in [6.45, 7) is 5.33. The molecule has 0 heterocycles. The Bertz CT molecular complexity index is 310. The van der Waals surface area contributed by atoms with E-state index >= 15 is 0 Å². The summed E-state index contributed by atoms with van der Waals surface area (Å²) < 4.78 is 0. The van der Waals surface area contributed by atoms with Crippen LogP contribution in [0.25, 0.3) is 0 Å². The third-order valence-corrected chi connectivity index (χ3v) is 2.21. The largest absolute Gasteiger partial charge is 0.481 e. The molecule has 2 amide bonds. The predicted octanol–water partition coefficient (Wildman–Crippen LogP) is 1.43. The molecule has 102 valence electrons. The molecule has 0 aromatic heterocycles. The third-order valence-electron chi connectivity index (χ3n) is 2.21. The van der Waals surface area contributed by atoms with E-state index in [4.69, 9.17) is 10.4 Å². The second kappa shape index (κ2) is 9.28. The Morgan fingerprint density at radius 1 is 1.44 bits per heavy atom. The molecule has 0 atom stereocenters. The van der Waals surface area contributed by atoms with Gasteiger partial charge in [-0.05, 0) is 12.3 Å². The second-order valence-electron chi connectivity index (χ2n) is 4.48. The SMILES string of the molecule is CC(C)CN(CCC#N)C(=O)NCCCC(=O)O. The van der Waals surface area contributed by atoms with Crippen LogP contribution in [0.5, 0.6) is 0 Å². The zero-order valence-corrected chi connectivity index (χ0v) is 11.0. The first-order chi connectivity index (χ1) is 8.47. The van der Waals surface area contributed by atoms with Crippen molar-refractivity contribution in [1.82, 2.24) is 10.2 Å². The molecule has 6 nitrogen and oxygen atoms in total. The van der Waals surface area contributed by atoms with Crippen LogP contribution < -0.4 is 5.32 Å². The van der Waals surface area contributed by atoms with Gasteiger partial charge in [-0.1, -0.05) is 13.8 Å². The molecule has 0 aromatic rings. The van der Waals surface area contributed by atoms with Gasteiger partial charge in [-0.25, -0.2) is 4.79 Å². The highest BCUT2D eigenvalue weighted by molar-refractivity contribution is 5.74. The Hall–Kier alpha value is -1.77. The maximum atomic E-state index is 11.8. The molecule has 0 rings (SSSR count). The standard InChI is InChI=1S/C12H21N3O3/c1-10(2)9-15(8-4-6-13)12(18)14-7-3-5-11(16)17/h10H,3-5,7-9H2,1-2H3,(H,14,18)(H,16,17). The number of carbonyl (C=O) groups excluding carboxylic acids is 1. The maximum Gasteiger partial charge on any atom is 0.317 e. The van der Waals surface area contributed by atoms with Gasteiger partial charge in [0, 0.05) is 26.1 Å². The van der Waals surface area contributed by atoms with Crippen molar-refractivity contribution in [3.8, 4) is 6.07 Å². The van der Waals surface area contributed by atoms with E-state index in [9.17, 15) is 9.59 Å². The van der Waals surface area contributed by atoms with Crippen molar-refractivity contribution >= 4 is 12.0 Å². The van der Waals surface area contributed by atoms with Crippen molar-refractivity contribution in [2.24, 2.45) is 5.92 Å². The summed E-state index contributed by atoms with van der Waals surface area (Å²) in [4.78, 5) is 23.7. The number of nitriles is 1. The molecule has 0 aliphatic heterocycles. The summed E-state index contributed by atoms with van der Waals surface area (Å²) in [6, 6.07) is 1.78. The van der Waals surface area contributed by atoms with Gasteiger partial charge in [-0.2, -0.15) is 5.26 Å². The first kappa shape index (κ1) is 16.2. The summed E-state index contributed by atoms with van der Waals surface area (Å²) in [5, 5.41) is 19.7. The van der Waals surface area contributed by atoms with Crippen LogP contribution >= 0.6 is 0 Å². The minimum absolute atomic E-state index is 0.0443. The molecule has 0 bridgehead atoms. The summed E-state index contributed by atoms with van der Waals surface area (Å²) in [6.07, 6.45) is 0.757. The maximum absolute atomic E-state index is 11.8. The fourth-order valence-electron chi connectivity index (χ4n) is 1.45. The number of urea groups is 1. The minimum Gasteiger partial charge on any atom is -0.481 e. The van der Waals surface area contributed by atoms with Crippen LogP contribution in [0.15, 0.2) is 0 Å². The number of carboxylic acid groups (broad SMARTS) is 1. The number of carboxylic acids is 1. The van der Waals surface area contributed by atoms with Gasteiger partial charge in [-0.3, -0.25) is 4.79 Å².